The molecule has 3 rings (SSSR count). The van der Waals surface area contributed by atoms with E-state index in [9.17, 15) is 0 Å². The van der Waals surface area contributed by atoms with E-state index >= 15 is 0 Å². The van der Waals surface area contributed by atoms with Gasteiger partial charge in [0.05, 0.1) is 6.04 Å². The van der Waals surface area contributed by atoms with Gasteiger partial charge in [-0.1, -0.05) is 72.8 Å². The normalized spacial score (nSPS) is 10.8. The van der Waals surface area contributed by atoms with E-state index in [2.05, 4.69) is 59.9 Å². The lowest BCUT2D eigenvalue weighted by Gasteiger charge is -2.20. The second-order valence-electron chi connectivity index (χ2n) is 5.38. The van der Waals surface area contributed by atoms with E-state index in [0.29, 0.717) is 0 Å². The number of hydrogen-bond donors (Lipinski definition) is 2. The molecular formula is C20H20N2. The maximum absolute atomic E-state index is 5.86. The van der Waals surface area contributed by atoms with Crippen molar-refractivity contribution in [2.75, 3.05) is 5.73 Å². The number of nitrogen functional groups attached to an aromatic ring is 1. The van der Waals surface area contributed by atoms with Crippen molar-refractivity contribution in [3.8, 4) is 0 Å². The number of nitrogens with one attached hydrogen (secondary N) is 1. The average molecular weight is 288 g/mol. The minimum absolute atomic E-state index is 0.170. The molecule has 0 saturated heterocycles. The SMILES string of the molecule is Nc1cccc(CNC(c2ccccc2)c2ccccc2)c1. The monoisotopic (exact) mass is 288 g/mol. The lowest BCUT2D eigenvalue weighted by molar-refractivity contribution is 0.605. The summed E-state index contributed by atoms with van der Waals surface area (Å²) in [6.45, 7) is 0.777. The molecule has 0 heterocycles. The van der Waals surface area contributed by atoms with Crippen molar-refractivity contribution in [1.29, 1.82) is 0 Å². The third-order valence-electron chi connectivity index (χ3n) is 3.73. The molecule has 0 radical (unpaired) electrons. The summed E-state index contributed by atoms with van der Waals surface area (Å²) in [6.07, 6.45) is 0. The first-order valence-electron chi connectivity index (χ1n) is 7.50. The molecule has 2 heteroatoms. The van der Waals surface area contributed by atoms with E-state index in [4.69, 9.17) is 5.73 Å². The molecule has 0 bridgehead atoms. The smallest absolute Gasteiger partial charge is 0.0579 e. The molecule has 3 aromatic carbocycles. The van der Waals surface area contributed by atoms with E-state index in [1.54, 1.807) is 0 Å². The molecule has 0 aromatic heterocycles. The van der Waals surface area contributed by atoms with Gasteiger partial charge in [0, 0.05) is 12.2 Å². The van der Waals surface area contributed by atoms with Gasteiger partial charge in [-0.15, -0.1) is 0 Å². The third kappa shape index (κ3) is 3.54. The molecule has 0 aliphatic rings. The predicted molar refractivity (Wildman–Crippen MR) is 92.4 cm³/mol. The Bertz CT molecular complexity index is 669. The van der Waals surface area contributed by atoms with Crippen molar-refractivity contribution in [3.63, 3.8) is 0 Å². The zero-order chi connectivity index (χ0) is 15.2. The first kappa shape index (κ1) is 14.4. The van der Waals surface area contributed by atoms with Gasteiger partial charge in [-0.2, -0.15) is 0 Å². The minimum atomic E-state index is 0.170. The van der Waals surface area contributed by atoms with Crippen LogP contribution >= 0.6 is 0 Å². The summed E-state index contributed by atoms with van der Waals surface area (Å²) in [4.78, 5) is 0. The maximum Gasteiger partial charge on any atom is 0.0579 e. The molecule has 3 N–H and O–H groups in total. The molecule has 3 aromatic rings. The van der Waals surface area contributed by atoms with Gasteiger partial charge in [0.2, 0.25) is 0 Å². The lowest BCUT2D eigenvalue weighted by atomic mass is 9.98. The van der Waals surface area contributed by atoms with Gasteiger partial charge in [-0.25, -0.2) is 0 Å². The van der Waals surface area contributed by atoms with E-state index in [0.717, 1.165) is 12.2 Å². The highest BCUT2D eigenvalue weighted by molar-refractivity contribution is 5.41. The zero-order valence-electron chi connectivity index (χ0n) is 12.4. The van der Waals surface area contributed by atoms with Crippen molar-refractivity contribution in [1.82, 2.24) is 5.32 Å². The van der Waals surface area contributed by atoms with E-state index in [1.807, 2.05) is 30.3 Å². The van der Waals surface area contributed by atoms with Gasteiger partial charge < -0.3 is 11.1 Å². The van der Waals surface area contributed by atoms with Crippen LogP contribution in [0.25, 0.3) is 0 Å². The molecule has 0 atom stereocenters. The Labute approximate surface area is 131 Å². The lowest BCUT2D eigenvalue weighted by Crippen LogP contribution is -2.22. The topological polar surface area (TPSA) is 38.0 Å². The summed E-state index contributed by atoms with van der Waals surface area (Å²) < 4.78 is 0. The molecule has 110 valence electrons. The number of nitrogens with two attached hydrogens (primary N) is 1. The molecule has 0 fully saturated rings. The highest BCUT2D eigenvalue weighted by Crippen LogP contribution is 2.22. The molecule has 0 saturated carbocycles. The van der Waals surface area contributed by atoms with Gasteiger partial charge in [-0.3, -0.25) is 0 Å². The summed E-state index contributed by atoms with van der Waals surface area (Å²) in [6, 6.07) is 29.2. The van der Waals surface area contributed by atoms with Gasteiger partial charge in [-0.05, 0) is 28.8 Å². The minimum Gasteiger partial charge on any atom is -0.399 e. The van der Waals surface area contributed by atoms with Crippen LogP contribution < -0.4 is 11.1 Å². The fraction of sp³-hybridized carbons (Fsp3) is 0.100. The second kappa shape index (κ2) is 6.92. The Morgan fingerprint density at radius 1 is 0.727 bits per heavy atom. The summed E-state index contributed by atoms with van der Waals surface area (Å²) in [5.74, 6) is 0. The van der Waals surface area contributed by atoms with Crippen LogP contribution in [0.4, 0.5) is 5.69 Å². The molecule has 0 spiro atoms. The zero-order valence-corrected chi connectivity index (χ0v) is 12.4. The van der Waals surface area contributed by atoms with Gasteiger partial charge in [0.25, 0.3) is 0 Å². The number of rotatable bonds is 5. The molecule has 0 aliphatic carbocycles. The molecule has 0 aliphatic heterocycles. The van der Waals surface area contributed by atoms with E-state index in [1.165, 1.54) is 16.7 Å². The van der Waals surface area contributed by atoms with Gasteiger partial charge in [0.15, 0.2) is 0 Å². The van der Waals surface area contributed by atoms with Crippen LogP contribution in [0.1, 0.15) is 22.7 Å². The maximum atomic E-state index is 5.86. The molecule has 0 amide bonds. The Hall–Kier alpha value is -2.58. The summed E-state index contributed by atoms with van der Waals surface area (Å²) in [5.41, 5.74) is 10.4. The Morgan fingerprint density at radius 3 is 1.86 bits per heavy atom. The van der Waals surface area contributed by atoms with Gasteiger partial charge >= 0.3 is 0 Å². The fourth-order valence-corrected chi connectivity index (χ4v) is 2.64. The first-order valence-corrected chi connectivity index (χ1v) is 7.50. The average Bonchev–Trinajstić information content (AvgIpc) is 2.57. The van der Waals surface area contributed by atoms with Crippen LogP contribution in [-0.2, 0) is 6.54 Å². The van der Waals surface area contributed by atoms with Crippen LogP contribution in [0, 0.1) is 0 Å². The predicted octanol–water partition coefficient (Wildman–Crippen LogP) is 4.15. The molecule has 2 nitrogen and oxygen atoms in total. The van der Waals surface area contributed by atoms with Crippen LogP contribution in [0.3, 0.4) is 0 Å². The van der Waals surface area contributed by atoms with Crippen molar-refractivity contribution in [2.24, 2.45) is 0 Å². The van der Waals surface area contributed by atoms with Crippen molar-refractivity contribution in [2.45, 2.75) is 12.6 Å². The van der Waals surface area contributed by atoms with E-state index < -0.39 is 0 Å². The number of anilines is 1. The Kier molecular flexibility index (Phi) is 4.52. The first-order chi connectivity index (χ1) is 10.8. The van der Waals surface area contributed by atoms with Crippen molar-refractivity contribution in [3.05, 3.63) is 102 Å². The largest absolute Gasteiger partial charge is 0.399 e. The van der Waals surface area contributed by atoms with Crippen molar-refractivity contribution < 1.29 is 0 Å². The third-order valence-corrected chi connectivity index (χ3v) is 3.73. The number of benzene rings is 3. The quantitative estimate of drug-likeness (QED) is 0.692. The second-order valence-corrected chi connectivity index (χ2v) is 5.38. The fourth-order valence-electron chi connectivity index (χ4n) is 2.64. The molecular weight excluding hydrogens is 268 g/mol. The molecule has 0 unspecified atom stereocenters. The Balaban J connectivity index is 1.83. The van der Waals surface area contributed by atoms with Crippen LogP contribution in [-0.4, -0.2) is 0 Å². The van der Waals surface area contributed by atoms with Crippen LogP contribution in [0.2, 0.25) is 0 Å². The highest BCUT2D eigenvalue weighted by Gasteiger charge is 2.12. The standard InChI is InChI=1S/C20H20N2/c21-19-13-7-8-16(14-19)15-22-20(17-9-3-1-4-10-17)18-11-5-2-6-12-18/h1-14,20,22H,15,21H2. The van der Waals surface area contributed by atoms with Gasteiger partial charge in [0.1, 0.15) is 0 Å². The van der Waals surface area contributed by atoms with E-state index in [-0.39, 0.29) is 6.04 Å². The Morgan fingerprint density at radius 2 is 1.32 bits per heavy atom. The van der Waals surface area contributed by atoms with Crippen LogP contribution in [0.15, 0.2) is 84.9 Å². The summed E-state index contributed by atoms with van der Waals surface area (Å²) >= 11 is 0. The summed E-state index contributed by atoms with van der Waals surface area (Å²) in [5, 5.41) is 3.64. The van der Waals surface area contributed by atoms with Crippen LogP contribution in [0.5, 0.6) is 0 Å². The number of hydrogen-bond acceptors (Lipinski definition) is 2. The summed E-state index contributed by atoms with van der Waals surface area (Å²) in [7, 11) is 0. The van der Waals surface area contributed by atoms with Crippen molar-refractivity contribution >= 4 is 5.69 Å². The molecule has 22 heavy (non-hydrogen) atoms. The highest BCUT2D eigenvalue weighted by atomic mass is 14.9.